The average Bonchev–Trinajstić information content (AvgIpc) is 3.23. The van der Waals surface area contributed by atoms with E-state index in [9.17, 15) is 8.42 Å². The van der Waals surface area contributed by atoms with Crippen molar-refractivity contribution < 1.29 is 8.42 Å². The third-order valence-electron chi connectivity index (χ3n) is 4.72. The molecule has 1 N–H and O–H groups in total. The maximum absolute atomic E-state index is 12.7. The Balaban J connectivity index is 1.50. The van der Waals surface area contributed by atoms with Gasteiger partial charge in [-0.3, -0.25) is 9.71 Å². The van der Waals surface area contributed by atoms with E-state index >= 15 is 0 Å². The van der Waals surface area contributed by atoms with Crippen LogP contribution in [0.15, 0.2) is 90.1 Å². The van der Waals surface area contributed by atoms with E-state index in [-0.39, 0.29) is 4.90 Å². The third-order valence-corrected chi connectivity index (χ3v) is 6.83. The second-order valence-corrected chi connectivity index (χ2v) is 9.82. The first-order chi connectivity index (χ1) is 15.5. The van der Waals surface area contributed by atoms with E-state index < -0.39 is 10.0 Å². The maximum Gasteiger partial charge on any atom is 0.261 e. The van der Waals surface area contributed by atoms with Gasteiger partial charge >= 0.3 is 0 Å². The molecule has 32 heavy (non-hydrogen) atoms. The van der Waals surface area contributed by atoms with E-state index in [0.29, 0.717) is 22.9 Å². The monoisotopic (exact) mass is 554 g/mol. The lowest BCUT2D eigenvalue weighted by Crippen LogP contribution is -2.12. The molecule has 0 saturated carbocycles. The van der Waals surface area contributed by atoms with E-state index in [1.807, 2.05) is 30.3 Å². The summed E-state index contributed by atoms with van der Waals surface area (Å²) in [5.41, 5.74) is 3.24. The molecule has 5 aromatic rings. The van der Waals surface area contributed by atoms with Crippen LogP contribution in [0.25, 0.3) is 28.3 Å². The standard InChI is InChI=1S/C22H15IN6O2S/c23-17-6-8-19(9-7-17)32(30,31)28-18-5-1-3-15(13-18)20-10-11-21-25-26-22(29(21)27-20)16-4-2-12-24-14-16/h1-14,28H. The van der Waals surface area contributed by atoms with Crippen LogP contribution in [0.3, 0.4) is 0 Å². The van der Waals surface area contributed by atoms with Gasteiger partial charge in [0.15, 0.2) is 11.5 Å². The van der Waals surface area contributed by atoms with Crippen LogP contribution in [0.4, 0.5) is 5.69 Å². The van der Waals surface area contributed by atoms with Crippen LogP contribution in [0.2, 0.25) is 0 Å². The number of halogens is 1. The molecule has 0 radical (unpaired) electrons. The smallest absolute Gasteiger partial charge is 0.261 e. The van der Waals surface area contributed by atoms with Crippen molar-refractivity contribution in [3.8, 4) is 22.6 Å². The molecule has 3 heterocycles. The van der Waals surface area contributed by atoms with Crippen molar-refractivity contribution in [1.82, 2.24) is 24.8 Å². The molecule has 8 nitrogen and oxygen atoms in total. The number of nitrogens with one attached hydrogen (secondary N) is 1. The van der Waals surface area contributed by atoms with E-state index in [1.54, 1.807) is 59.4 Å². The number of nitrogens with zero attached hydrogens (tertiary/aromatic N) is 5. The molecule has 0 aliphatic carbocycles. The first-order valence-electron chi connectivity index (χ1n) is 9.51. The molecule has 0 unspecified atom stereocenters. The molecule has 10 heteroatoms. The Bertz CT molecular complexity index is 1520. The van der Waals surface area contributed by atoms with Crippen LogP contribution in [0.5, 0.6) is 0 Å². The highest BCUT2D eigenvalue weighted by molar-refractivity contribution is 14.1. The van der Waals surface area contributed by atoms with E-state index in [1.165, 1.54) is 0 Å². The molecule has 2 aromatic carbocycles. The van der Waals surface area contributed by atoms with E-state index in [2.05, 4.69) is 47.6 Å². The van der Waals surface area contributed by atoms with Crippen molar-refractivity contribution in [2.45, 2.75) is 4.90 Å². The molecule has 0 aliphatic rings. The highest BCUT2D eigenvalue weighted by atomic mass is 127. The zero-order valence-corrected chi connectivity index (χ0v) is 19.4. The Labute approximate surface area is 197 Å². The van der Waals surface area contributed by atoms with Gasteiger partial charge in [-0.15, -0.1) is 10.2 Å². The van der Waals surface area contributed by atoms with Gasteiger partial charge in [-0.2, -0.15) is 9.61 Å². The molecule has 0 bridgehead atoms. The molecule has 3 aromatic heterocycles. The Morgan fingerprint density at radius 1 is 0.875 bits per heavy atom. The largest absolute Gasteiger partial charge is 0.280 e. The summed E-state index contributed by atoms with van der Waals surface area (Å²) >= 11 is 2.13. The van der Waals surface area contributed by atoms with Gasteiger partial charge in [0, 0.05) is 32.8 Å². The minimum Gasteiger partial charge on any atom is -0.280 e. The number of anilines is 1. The highest BCUT2D eigenvalue weighted by Crippen LogP contribution is 2.25. The minimum atomic E-state index is -3.70. The van der Waals surface area contributed by atoms with Crippen LogP contribution in [0, 0.1) is 3.57 Å². The lowest BCUT2D eigenvalue weighted by molar-refractivity contribution is 0.601. The first-order valence-corrected chi connectivity index (χ1v) is 12.1. The SMILES string of the molecule is O=S(=O)(Nc1cccc(-c2ccc3nnc(-c4cccnc4)n3n2)c1)c1ccc(I)cc1. The van der Waals surface area contributed by atoms with Gasteiger partial charge in [0.05, 0.1) is 10.6 Å². The molecule has 0 spiro atoms. The van der Waals surface area contributed by atoms with Crippen LogP contribution >= 0.6 is 22.6 Å². The first kappa shape index (κ1) is 20.5. The van der Waals surface area contributed by atoms with Crippen molar-refractivity contribution in [3.05, 3.63) is 88.8 Å². The normalized spacial score (nSPS) is 11.5. The van der Waals surface area contributed by atoms with Crippen LogP contribution in [0.1, 0.15) is 0 Å². The van der Waals surface area contributed by atoms with E-state index in [0.717, 1.165) is 14.7 Å². The van der Waals surface area contributed by atoms with Gasteiger partial charge in [-0.25, -0.2) is 8.42 Å². The van der Waals surface area contributed by atoms with Crippen molar-refractivity contribution in [1.29, 1.82) is 0 Å². The molecule has 0 amide bonds. The number of pyridine rings is 1. The number of rotatable bonds is 5. The Morgan fingerprint density at radius 2 is 1.69 bits per heavy atom. The van der Waals surface area contributed by atoms with Crippen molar-refractivity contribution in [2.75, 3.05) is 4.72 Å². The molecule has 5 rings (SSSR count). The summed E-state index contributed by atoms with van der Waals surface area (Å²) in [6.45, 7) is 0. The lowest BCUT2D eigenvalue weighted by Gasteiger charge is -2.10. The molecule has 0 saturated heterocycles. The molecule has 0 atom stereocenters. The second-order valence-electron chi connectivity index (χ2n) is 6.89. The summed E-state index contributed by atoms with van der Waals surface area (Å²) in [4.78, 5) is 4.33. The molecule has 0 fully saturated rings. The molecule has 158 valence electrons. The van der Waals surface area contributed by atoms with Gasteiger partial charge in [-0.1, -0.05) is 12.1 Å². The number of aromatic nitrogens is 5. The predicted octanol–water partition coefficient (Wildman–Crippen LogP) is 4.26. The van der Waals surface area contributed by atoms with E-state index in [4.69, 9.17) is 0 Å². The van der Waals surface area contributed by atoms with Gasteiger partial charge < -0.3 is 0 Å². The number of hydrogen-bond donors (Lipinski definition) is 1. The Kier molecular flexibility index (Phi) is 5.31. The fourth-order valence-corrected chi connectivity index (χ4v) is 4.60. The van der Waals surface area contributed by atoms with Crippen molar-refractivity contribution in [3.63, 3.8) is 0 Å². The number of benzene rings is 2. The molecule has 0 aliphatic heterocycles. The van der Waals surface area contributed by atoms with Gasteiger partial charge in [0.25, 0.3) is 10.0 Å². The Hall–Kier alpha value is -3.38. The fourth-order valence-electron chi connectivity index (χ4n) is 3.19. The lowest BCUT2D eigenvalue weighted by atomic mass is 10.1. The highest BCUT2D eigenvalue weighted by Gasteiger charge is 2.15. The second kappa shape index (κ2) is 8.28. The summed E-state index contributed by atoms with van der Waals surface area (Å²) < 4.78 is 30.7. The van der Waals surface area contributed by atoms with Gasteiger partial charge in [0.1, 0.15) is 0 Å². The fraction of sp³-hybridized carbons (Fsp3) is 0. The minimum absolute atomic E-state index is 0.202. The van der Waals surface area contributed by atoms with Crippen LogP contribution in [-0.4, -0.2) is 33.2 Å². The number of hydrogen-bond acceptors (Lipinski definition) is 6. The average molecular weight is 554 g/mol. The predicted molar refractivity (Wildman–Crippen MR) is 129 cm³/mol. The quantitative estimate of drug-likeness (QED) is 0.326. The van der Waals surface area contributed by atoms with Crippen LogP contribution in [-0.2, 0) is 10.0 Å². The number of sulfonamides is 1. The van der Waals surface area contributed by atoms with Crippen molar-refractivity contribution >= 4 is 43.9 Å². The summed E-state index contributed by atoms with van der Waals surface area (Å²) in [6, 6.07) is 21.1. The summed E-state index contributed by atoms with van der Waals surface area (Å²) in [7, 11) is -3.70. The third kappa shape index (κ3) is 4.06. The zero-order chi connectivity index (χ0) is 22.1. The number of fused-ring (bicyclic) bond motifs is 1. The summed E-state index contributed by atoms with van der Waals surface area (Å²) in [6.07, 6.45) is 3.39. The maximum atomic E-state index is 12.7. The molecular formula is C22H15IN6O2S. The van der Waals surface area contributed by atoms with Gasteiger partial charge in [0.2, 0.25) is 0 Å². The summed E-state index contributed by atoms with van der Waals surface area (Å²) in [5.74, 6) is 0.575. The molecular weight excluding hydrogens is 539 g/mol. The van der Waals surface area contributed by atoms with Gasteiger partial charge in [-0.05, 0) is 83.3 Å². The zero-order valence-electron chi connectivity index (χ0n) is 16.4. The topological polar surface area (TPSA) is 102 Å². The van der Waals surface area contributed by atoms with Crippen molar-refractivity contribution in [2.24, 2.45) is 0 Å². The van der Waals surface area contributed by atoms with Crippen LogP contribution < -0.4 is 4.72 Å². The summed E-state index contributed by atoms with van der Waals surface area (Å²) in [5, 5.41) is 13.1. The Morgan fingerprint density at radius 3 is 2.47 bits per heavy atom.